The highest BCUT2D eigenvalue weighted by atomic mass is 35.5. The lowest BCUT2D eigenvalue weighted by molar-refractivity contribution is 0.719. The topological polar surface area (TPSA) is 62.7 Å². The largest absolute Gasteiger partial charge is 0.367 e. The normalized spacial score (nSPS) is 21.2. The Labute approximate surface area is 129 Å². The van der Waals surface area contributed by atoms with Crippen molar-refractivity contribution in [3.8, 4) is 0 Å². The van der Waals surface area contributed by atoms with E-state index in [-0.39, 0.29) is 0 Å². The van der Waals surface area contributed by atoms with Crippen LogP contribution < -0.4 is 10.6 Å². The van der Waals surface area contributed by atoms with Crippen LogP contribution in [0.2, 0.25) is 5.15 Å². The molecular formula is C15H18ClN5. The van der Waals surface area contributed by atoms with E-state index in [4.69, 9.17) is 11.6 Å². The van der Waals surface area contributed by atoms with Crippen LogP contribution in [-0.4, -0.2) is 27.0 Å². The van der Waals surface area contributed by atoms with Crippen molar-refractivity contribution in [3.05, 3.63) is 41.4 Å². The summed E-state index contributed by atoms with van der Waals surface area (Å²) in [6.45, 7) is 2.04. The Kier molecular flexibility index (Phi) is 4.20. The summed E-state index contributed by atoms with van der Waals surface area (Å²) in [5.41, 5.74) is 1.17. The molecule has 0 unspecified atom stereocenters. The number of aryl methyl sites for hydroxylation is 1. The molecule has 110 valence electrons. The number of aromatic nitrogens is 3. The van der Waals surface area contributed by atoms with Crippen LogP contribution in [0.15, 0.2) is 30.7 Å². The second-order valence-electron chi connectivity index (χ2n) is 5.44. The molecule has 1 aliphatic carbocycles. The summed E-state index contributed by atoms with van der Waals surface area (Å²) in [7, 11) is 0. The van der Waals surface area contributed by atoms with Crippen LogP contribution in [0.3, 0.4) is 0 Å². The monoisotopic (exact) mass is 303 g/mol. The Morgan fingerprint density at radius 3 is 2.29 bits per heavy atom. The zero-order chi connectivity index (χ0) is 14.7. The maximum Gasteiger partial charge on any atom is 0.147 e. The molecule has 21 heavy (non-hydrogen) atoms. The molecule has 1 aliphatic rings. The summed E-state index contributed by atoms with van der Waals surface area (Å²) in [5, 5.41) is 7.30. The fourth-order valence-corrected chi connectivity index (χ4v) is 2.70. The number of pyridine rings is 1. The van der Waals surface area contributed by atoms with E-state index in [0.29, 0.717) is 17.2 Å². The Bertz CT molecular complexity index is 531. The van der Waals surface area contributed by atoms with Gasteiger partial charge in [0.2, 0.25) is 0 Å². The van der Waals surface area contributed by atoms with Gasteiger partial charge in [0.15, 0.2) is 0 Å². The minimum absolute atomic E-state index is 0.406. The quantitative estimate of drug-likeness (QED) is 0.907. The molecule has 1 fully saturated rings. The van der Waals surface area contributed by atoms with Crippen molar-refractivity contribution in [2.45, 2.75) is 38.3 Å². The Morgan fingerprint density at radius 1 is 0.952 bits per heavy atom. The molecule has 2 atom stereocenters. The van der Waals surface area contributed by atoms with Crippen molar-refractivity contribution in [1.82, 2.24) is 15.0 Å². The summed E-state index contributed by atoms with van der Waals surface area (Å²) >= 11 is 5.73. The van der Waals surface area contributed by atoms with E-state index in [9.17, 15) is 0 Å². The summed E-state index contributed by atoms with van der Waals surface area (Å²) in [6, 6.07) is 4.95. The minimum atomic E-state index is 0.406. The third kappa shape index (κ3) is 3.82. The number of anilines is 2. The van der Waals surface area contributed by atoms with Gasteiger partial charge in [0.05, 0.1) is 12.4 Å². The van der Waals surface area contributed by atoms with E-state index >= 15 is 0 Å². The molecule has 0 radical (unpaired) electrons. The molecule has 3 rings (SSSR count). The van der Waals surface area contributed by atoms with Gasteiger partial charge in [0, 0.05) is 18.3 Å². The average molecular weight is 304 g/mol. The van der Waals surface area contributed by atoms with Gasteiger partial charge in [0.1, 0.15) is 16.8 Å². The van der Waals surface area contributed by atoms with Crippen molar-refractivity contribution >= 4 is 23.2 Å². The molecule has 2 aromatic heterocycles. The third-order valence-electron chi connectivity index (χ3n) is 3.67. The molecule has 5 nitrogen and oxygen atoms in total. The van der Waals surface area contributed by atoms with Crippen LogP contribution in [0.1, 0.15) is 24.8 Å². The first-order valence-corrected chi connectivity index (χ1v) is 7.50. The van der Waals surface area contributed by atoms with Gasteiger partial charge in [-0.15, -0.1) is 0 Å². The standard InChI is InChI=1S/C15H18ClN5/c1-10-2-5-14(18-7-10)20-11-3-4-12(6-11)21-15-9-17-13(16)8-19-15/h2,5,7-9,11-12H,3-4,6H2,1H3,(H,18,20)(H,19,21)/t11-,12-/m0/s1. The zero-order valence-electron chi connectivity index (χ0n) is 11.9. The van der Waals surface area contributed by atoms with Crippen molar-refractivity contribution in [2.24, 2.45) is 0 Å². The predicted molar refractivity (Wildman–Crippen MR) is 84.7 cm³/mol. The maximum atomic E-state index is 5.73. The third-order valence-corrected chi connectivity index (χ3v) is 3.86. The molecule has 0 aliphatic heterocycles. The number of nitrogens with one attached hydrogen (secondary N) is 2. The van der Waals surface area contributed by atoms with Gasteiger partial charge in [0.25, 0.3) is 0 Å². The first-order valence-electron chi connectivity index (χ1n) is 7.12. The zero-order valence-corrected chi connectivity index (χ0v) is 12.6. The van der Waals surface area contributed by atoms with Crippen molar-refractivity contribution in [2.75, 3.05) is 10.6 Å². The van der Waals surface area contributed by atoms with Gasteiger partial charge in [-0.25, -0.2) is 15.0 Å². The molecule has 0 spiro atoms. The molecule has 0 bridgehead atoms. The number of hydrogen-bond acceptors (Lipinski definition) is 5. The van der Waals surface area contributed by atoms with Crippen LogP contribution in [-0.2, 0) is 0 Å². The maximum absolute atomic E-state index is 5.73. The van der Waals surface area contributed by atoms with Crippen LogP contribution in [0, 0.1) is 6.92 Å². The van der Waals surface area contributed by atoms with E-state index in [0.717, 1.165) is 30.9 Å². The van der Waals surface area contributed by atoms with Gasteiger partial charge in [-0.2, -0.15) is 0 Å². The predicted octanol–water partition coefficient (Wildman–Crippen LogP) is 3.28. The fraction of sp³-hybridized carbons (Fsp3) is 0.400. The van der Waals surface area contributed by atoms with Crippen molar-refractivity contribution < 1.29 is 0 Å². The van der Waals surface area contributed by atoms with E-state index < -0.39 is 0 Å². The molecule has 2 heterocycles. The Morgan fingerprint density at radius 2 is 1.67 bits per heavy atom. The smallest absolute Gasteiger partial charge is 0.147 e. The molecular weight excluding hydrogens is 286 g/mol. The second kappa shape index (κ2) is 6.26. The highest BCUT2D eigenvalue weighted by molar-refractivity contribution is 6.29. The lowest BCUT2D eigenvalue weighted by Crippen LogP contribution is -2.21. The first-order chi connectivity index (χ1) is 10.2. The number of halogens is 1. The summed E-state index contributed by atoms with van der Waals surface area (Å²) < 4.78 is 0. The molecule has 6 heteroatoms. The van der Waals surface area contributed by atoms with Gasteiger partial charge in [-0.05, 0) is 37.8 Å². The van der Waals surface area contributed by atoms with Gasteiger partial charge < -0.3 is 10.6 Å². The summed E-state index contributed by atoms with van der Waals surface area (Å²) in [6.07, 6.45) is 8.38. The number of rotatable bonds is 4. The van der Waals surface area contributed by atoms with E-state index in [1.165, 1.54) is 5.56 Å². The van der Waals surface area contributed by atoms with Crippen molar-refractivity contribution in [1.29, 1.82) is 0 Å². The summed E-state index contributed by atoms with van der Waals surface area (Å²) in [5.74, 6) is 1.72. The van der Waals surface area contributed by atoms with E-state index in [1.807, 2.05) is 19.2 Å². The van der Waals surface area contributed by atoms with Crippen molar-refractivity contribution in [3.63, 3.8) is 0 Å². The second-order valence-corrected chi connectivity index (χ2v) is 5.83. The molecule has 0 aromatic carbocycles. The lowest BCUT2D eigenvalue weighted by Gasteiger charge is -2.15. The number of hydrogen-bond donors (Lipinski definition) is 2. The van der Waals surface area contributed by atoms with Crippen LogP contribution >= 0.6 is 11.6 Å². The van der Waals surface area contributed by atoms with Crippen LogP contribution in [0.25, 0.3) is 0 Å². The first kappa shape index (κ1) is 14.1. The lowest BCUT2D eigenvalue weighted by atomic mass is 10.2. The highest BCUT2D eigenvalue weighted by Crippen LogP contribution is 2.24. The highest BCUT2D eigenvalue weighted by Gasteiger charge is 2.25. The Balaban J connectivity index is 1.53. The SMILES string of the molecule is Cc1ccc(N[C@H]2CC[C@H](Nc3cnc(Cl)cn3)C2)nc1. The molecule has 1 saturated carbocycles. The van der Waals surface area contributed by atoms with E-state index in [1.54, 1.807) is 12.4 Å². The fourth-order valence-electron chi connectivity index (χ4n) is 2.60. The van der Waals surface area contributed by atoms with Gasteiger partial charge in [-0.1, -0.05) is 17.7 Å². The molecule has 0 saturated heterocycles. The molecule has 2 aromatic rings. The minimum Gasteiger partial charge on any atom is -0.367 e. The van der Waals surface area contributed by atoms with Gasteiger partial charge in [-0.3, -0.25) is 0 Å². The summed E-state index contributed by atoms with van der Waals surface area (Å²) in [4.78, 5) is 12.6. The van der Waals surface area contributed by atoms with Gasteiger partial charge >= 0.3 is 0 Å². The molecule has 2 N–H and O–H groups in total. The van der Waals surface area contributed by atoms with Crippen LogP contribution in [0.4, 0.5) is 11.6 Å². The van der Waals surface area contributed by atoms with Crippen LogP contribution in [0.5, 0.6) is 0 Å². The number of nitrogens with zero attached hydrogens (tertiary/aromatic N) is 3. The average Bonchev–Trinajstić information content (AvgIpc) is 2.91. The van der Waals surface area contributed by atoms with E-state index in [2.05, 4.69) is 31.7 Å². The Hall–Kier alpha value is -1.88. The molecule has 0 amide bonds.